The highest BCUT2D eigenvalue weighted by Gasteiger charge is 2.24. The van der Waals surface area contributed by atoms with Crippen LogP contribution in [0, 0.1) is 0 Å². The van der Waals surface area contributed by atoms with E-state index in [2.05, 4.69) is 20.9 Å². The standard InChI is InChI=1S/C10H10BrF2NO3/c1-3-17-10(15)6-7(11)5(8(12)13)4-14-9(6)16-2/h4,8H,3H2,1-2H3. The second-order valence-electron chi connectivity index (χ2n) is 2.93. The van der Waals surface area contributed by atoms with Crippen LogP contribution < -0.4 is 4.74 Å². The van der Waals surface area contributed by atoms with E-state index in [1.54, 1.807) is 6.92 Å². The molecule has 0 aliphatic heterocycles. The molecular formula is C10H10BrF2NO3. The Kier molecular flexibility index (Phi) is 4.80. The Morgan fingerprint density at radius 3 is 2.71 bits per heavy atom. The largest absolute Gasteiger partial charge is 0.480 e. The summed E-state index contributed by atoms with van der Waals surface area (Å²) >= 11 is 2.94. The molecule has 0 fully saturated rings. The summed E-state index contributed by atoms with van der Waals surface area (Å²) in [6, 6.07) is 0. The zero-order valence-electron chi connectivity index (χ0n) is 9.17. The molecule has 0 unspecified atom stereocenters. The number of carbonyl (C=O) groups is 1. The summed E-state index contributed by atoms with van der Waals surface area (Å²) in [5, 5.41) is 0. The van der Waals surface area contributed by atoms with Crippen LogP contribution in [0.25, 0.3) is 0 Å². The van der Waals surface area contributed by atoms with Gasteiger partial charge in [0.1, 0.15) is 5.56 Å². The van der Waals surface area contributed by atoms with Crippen molar-refractivity contribution in [3.8, 4) is 5.88 Å². The van der Waals surface area contributed by atoms with Crippen LogP contribution in [0.1, 0.15) is 29.3 Å². The molecule has 0 aromatic carbocycles. The number of hydrogen-bond acceptors (Lipinski definition) is 4. The Hall–Kier alpha value is -1.24. The Labute approximate surface area is 105 Å². The molecule has 0 N–H and O–H groups in total. The van der Waals surface area contributed by atoms with E-state index in [9.17, 15) is 13.6 Å². The van der Waals surface area contributed by atoms with Crippen LogP contribution in [0.15, 0.2) is 10.7 Å². The first-order valence-electron chi connectivity index (χ1n) is 4.70. The minimum Gasteiger partial charge on any atom is -0.480 e. The zero-order valence-corrected chi connectivity index (χ0v) is 10.8. The first-order chi connectivity index (χ1) is 8.02. The lowest BCUT2D eigenvalue weighted by Crippen LogP contribution is -2.10. The van der Waals surface area contributed by atoms with Crippen molar-refractivity contribution in [2.24, 2.45) is 0 Å². The smallest absolute Gasteiger partial charge is 0.344 e. The zero-order chi connectivity index (χ0) is 13.0. The van der Waals surface area contributed by atoms with E-state index in [1.165, 1.54) is 7.11 Å². The van der Waals surface area contributed by atoms with E-state index < -0.39 is 12.4 Å². The Bertz CT molecular complexity index is 426. The molecule has 17 heavy (non-hydrogen) atoms. The highest BCUT2D eigenvalue weighted by molar-refractivity contribution is 9.10. The molecule has 94 valence electrons. The quantitative estimate of drug-likeness (QED) is 0.802. The summed E-state index contributed by atoms with van der Waals surface area (Å²) in [4.78, 5) is 15.3. The van der Waals surface area contributed by atoms with Gasteiger partial charge < -0.3 is 9.47 Å². The van der Waals surface area contributed by atoms with Crippen molar-refractivity contribution in [1.29, 1.82) is 0 Å². The Morgan fingerprint density at radius 1 is 1.59 bits per heavy atom. The molecule has 1 heterocycles. The van der Waals surface area contributed by atoms with E-state index in [-0.39, 0.29) is 28.1 Å². The number of carbonyl (C=O) groups excluding carboxylic acids is 1. The van der Waals surface area contributed by atoms with Crippen molar-refractivity contribution in [2.75, 3.05) is 13.7 Å². The number of hydrogen-bond donors (Lipinski definition) is 0. The van der Waals surface area contributed by atoms with Gasteiger partial charge >= 0.3 is 5.97 Å². The highest BCUT2D eigenvalue weighted by atomic mass is 79.9. The second-order valence-corrected chi connectivity index (χ2v) is 3.73. The van der Waals surface area contributed by atoms with E-state index in [1.807, 2.05) is 0 Å². The first kappa shape index (κ1) is 13.8. The van der Waals surface area contributed by atoms with Crippen molar-refractivity contribution in [3.63, 3.8) is 0 Å². The summed E-state index contributed by atoms with van der Waals surface area (Å²) < 4.78 is 34.8. The lowest BCUT2D eigenvalue weighted by atomic mass is 10.2. The summed E-state index contributed by atoms with van der Waals surface area (Å²) in [5.41, 5.74) is -0.513. The maximum absolute atomic E-state index is 12.6. The predicted octanol–water partition coefficient (Wildman–Crippen LogP) is 2.97. The third kappa shape index (κ3) is 2.91. The van der Waals surface area contributed by atoms with Gasteiger partial charge in [-0.3, -0.25) is 0 Å². The topological polar surface area (TPSA) is 48.4 Å². The van der Waals surface area contributed by atoms with Crippen molar-refractivity contribution in [1.82, 2.24) is 4.98 Å². The van der Waals surface area contributed by atoms with Crippen LogP contribution in [0.5, 0.6) is 5.88 Å². The number of nitrogens with zero attached hydrogens (tertiary/aromatic N) is 1. The Morgan fingerprint density at radius 2 is 2.24 bits per heavy atom. The molecule has 1 aromatic rings. The molecule has 4 nitrogen and oxygen atoms in total. The maximum atomic E-state index is 12.6. The normalized spacial score (nSPS) is 10.5. The van der Waals surface area contributed by atoms with Gasteiger partial charge in [0, 0.05) is 10.7 Å². The van der Waals surface area contributed by atoms with Gasteiger partial charge in [0.15, 0.2) is 0 Å². The number of halogens is 3. The van der Waals surface area contributed by atoms with Gasteiger partial charge in [-0.15, -0.1) is 0 Å². The fourth-order valence-corrected chi connectivity index (χ4v) is 1.78. The fraction of sp³-hybridized carbons (Fsp3) is 0.400. The molecule has 0 atom stereocenters. The van der Waals surface area contributed by atoms with E-state index >= 15 is 0 Å². The summed E-state index contributed by atoms with van der Waals surface area (Å²) in [6.45, 7) is 1.75. The van der Waals surface area contributed by atoms with Crippen molar-refractivity contribution in [3.05, 3.63) is 21.8 Å². The number of rotatable bonds is 4. The first-order valence-corrected chi connectivity index (χ1v) is 5.49. The SMILES string of the molecule is CCOC(=O)c1c(OC)ncc(C(F)F)c1Br. The predicted molar refractivity (Wildman–Crippen MR) is 59.4 cm³/mol. The van der Waals surface area contributed by atoms with Gasteiger partial charge in [0.05, 0.1) is 19.3 Å². The minimum absolute atomic E-state index is 0.0558. The molecule has 0 saturated heterocycles. The monoisotopic (exact) mass is 309 g/mol. The number of pyridine rings is 1. The molecule has 7 heteroatoms. The van der Waals surface area contributed by atoms with Crippen LogP contribution in [0.3, 0.4) is 0 Å². The highest BCUT2D eigenvalue weighted by Crippen LogP contribution is 2.34. The number of alkyl halides is 2. The molecule has 0 aliphatic rings. The molecule has 0 amide bonds. The van der Waals surface area contributed by atoms with Gasteiger partial charge in [-0.1, -0.05) is 0 Å². The molecule has 0 saturated carbocycles. The molecule has 1 rings (SSSR count). The average molecular weight is 310 g/mol. The molecule has 1 aromatic heterocycles. The van der Waals surface area contributed by atoms with E-state index in [0.717, 1.165) is 6.20 Å². The van der Waals surface area contributed by atoms with Crippen molar-refractivity contribution < 1.29 is 23.0 Å². The average Bonchev–Trinajstić information content (AvgIpc) is 2.27. The van der Waals surface area contributed by atoms with Crippen LogP contribution in [-0.4, -0.2) is 24.7 Å². The minimum atomic E-state index is -2.74. The molecule has 0 aliphatic carbocycles. The van der Waals surface area contributed by atoms with Gasteiger partial charge in [-0.2, -0.15) is 0 Å². The summed E-state index contributed by atoms with van der Waals surface area (Å²) in [6.07, 6.45) is -1.79. The molecule has 0 bridgehead atoms. The molecular weight excluding hydrogens is 300 g/mol. The number of methoxy groups -OCH3 is 1. The summed E-state index contributed by atoms with van der Waals surface area (Å²) in [5.74, 6) is -0.814. The van der Waals surface area contributed by atoms with Gasteiger partial charge in [-0.25, -0.2) is 18.6 Å². The van der Waals surface area contributed by atoms with Crippen LogP contribution in [0.2, 0.25) is 0 Å². The van der Waals surface area contributed by atoms with Crippen LogP contribution in [0.4, 0.5) is 8.78 Å². The lowest BCUT2D eigenvalue weighted by molar-refractivity contribution is 0.0520. The van der Waals surface area contributed by atoms with Crippen molar-refractivity contribution >= 4 is 21.9 Å². The maximum Gasteiger partial charge on any atom is 0.344 e. The number of ether oxygens (including phenoxy) is 2. The van der Waals surface area contributed by atoms with E-state index in [0.29, 0.717) is 0 Å². The van der Waals surface area contributed by atoms with Crippen LogP contribution >= 0.6 is 15.9 Å². The number of aromatic nitrogens is 1. The van der Waals surface area contributed by atoms with Gasteiger partial charge in [0.2, 0.25) is 5.88 Å². The van der Waals surface area contributed by atoms with Gasteiger partial charge in [0.25, 0.3) is 6.43 Å². The fourth-order valence-electron chi connectivity index (χ4n) is 1.17. The van der Waals surface area contributed by atoms with E-state index in [4.69, 9.17) is 9.47 Å². The van der Waals surface area contributed by atoms with Gasteiger partial charge in [-0.05, 0) is 22.9 Å². The third-order valence-electron chi connectivity index (χ3n) is 1.92. The lowest BCUT2D eigenvalue weighted by Gasteiger charge is -2.11. The molecule has 0 radical (unpaired) electrons. The number of esters is 1. The second kappa shape index (κ2) is 5.90. The molecule has 0 spiro atoms. The van der Waals surface area contributed by atoms with Crippen LogP contribution in [-0.2, 0) is 4.74 Å². The van der Waals surface area contributed by atoms with Crippen molar-refractivity contribution in [2.45, 2.75) is 13.3 Å². The Balaban J connectivity index is 3.32. The summed E-state index contributed by atoms with van der Waals surface area (Å²) in [7, 11) is 1.29. The third-order valence-corrected chi connectivity index (χ3v) is 2.77.